The molecule has 2 N–H and O–H groups in total. The molecule has 1 heterocycles. The van der Waals surface area contributed by atoms with Crippen LogP contribution in [0.2, 0.25) is 0 Å². The van der Waals surface area contributed by atoms with Crippen LogP contribution in [0.1, 0.15) is 32.3 Å². The smallest absolute Gasteiger partial charge is 0.228 e. The van der Waals surface area contributed by atoms with E-state index in [0.717, 1.165) is 25.1 Å². The van der Waals surface area contributed by atoms with Gasteiger partial charge < -0.3 is 10.6 Å². The quantitative estimate of drug-likeness (QED) is 0.848. The summed E-state index contributed by atoms with van der Waals surface area (Å²) in [6.07, 6.45) is 2.49. The molecular weight excluding hydrogens is 212 g/mol. The van der Waals surface area contributed by atoms with Gasteiger partial charge in [0.05, 0.1) is 0 Å². The Morgan fingerprint density at radius 2 is 2.12 bits per heavy atom. The average molecular weight is 232 g/mol. The summed E-state index contributed by atoms with van der Waals surface area (Å²) in [6.45, 7) is 4.59. The van der Waals surface area contributed by atoms with Gasteiger partial charge in [0.15, 0.2) is 0 Å². The van der Waals surface area contributed by atoms with E-state index in [-0.39, 0.29) is 5.91 Å². The van der Waals surface area contributed by atoms with Crippen LogP contribution < -0.4 is 10.6 Å². The zero-order chi connectivity index (χ0) is 12.5. The Bertz CT molecular complexity index is 420. The van der Waals surface area contributed by atoms with Crippen LogP contribution in [0, 0.1) is 0 Å². The van der Waals surface area contributed by atoms with Crippen molar-refractivity contribution in [2.75, 3.05) is 11.4 Å². The molecule has 0 fully saturated rings. The van der Waals surface area contributed by atoms with Gasteiger partial charge in [-0.3, -0.25) is 4.79 Å². The normalized spacial score (nSPS) is 15.6. The number of amides is 1. The lowest BCUT2D eigenvalue weighted by Crippen LogP contribution is -2.43. The number of aryl methyl sites for hydroxylation is 1. The molecule has 0 radical (unpaired) electrons. The van der Waals surface area contributed by atoms with Gasteiger partial charge in [-0.2, -0.15) is 0 Å². The maximum Gasteiger partial charge on any atom is 0.228 e. The summed E-state index contributed by atoms with van der Waals surface area (Å²) in [7, 11) is 0. The van der Waals surface area contributed by atoms with Crippen molar-refractivity contribution < 1.29 is 4.79 Å². The Balaban J connectivity index is 2.21. The number of hydrogen-bond acceptors (Lipinski definition) is 2. The van der Waals surface area contributed by atoms with Crippen molar-refractivity contribution in [3.8, 4) is 0 Å². The molecule has 1 aliphatic heterocycles. The van der Waals surface area contributed by atoms with Crippen molar-refractivity contribution >= 4 is 11.6 Å². The van der Waals surface area contributed by atoms with Crippen molar-refractivity contribution in [1.82, 2.24) is 0 Å². The standard InChI is InChI=1S/C14H20N2O/c1-14(2,15)10-13(17)16-9-5-7-11-6-3-4-8-12(11)16/h3-4,6,8H,5,7,9-10,15H2,1-2H3. The molecule has 3 heteroatoms. The van der Waals surface area contributed by atoms with Gasteiger partial charge in [0.1, 0.15) is 0 Å². The van der Waals surface area contributed by atoms with Crippen LogP contribution in [0.5, 0.6) is 0 Å². The van der Waals surface area contributed by atoms with E-state index in [9.17, 15) is 4.79 Å². The van der Waals surface area contributed by atoms with Crippen molar-refractivity contribution in [2.45, 2.75) is 38.6 Å². The summed E-state index contributed by atoms with van der Waals surface area (Å²) < 4.78 is 0. The van der Waals surface area contributed by atoms with E-state index in [1.165, 1.54) is 5.56 Å². The van der Waals surface area contributed by atoms with Gasteiger partial charge in [-0.05, 0) is 38.3 Å². The first-order valence-corrected chi connectivity index (χ1v) is 6.14. The maximum absolute atomic E-state index is 12.2. The van der Waals surface area contributed by atoms with E-state index >= 15 is 0 Å². The first-order valence-electron chi connectivity index (χ1n) is 6.14. The Morgan fingerprint density at radius 1 is 1.41 bits per heavy atom. The third kappa shape index (κ3) is 2.86. The molecular formula is C14H20N2O. The number of nitrogens with zero attached hydrogens (tertiary/aromatic N) is 1. The summed E-state index contributed by atoms with van der Waals surface area (Å²) >= 11 is 0. The largest absolute Gasteiger partial charge is 0.325 e. The lowest BCUT2D eigenvalue weighted by Gasteiger charge is -2.31. The fraction of sp³-hybridized carbons (Fsp3) is 0.500. The highest BCUT2D eigenvalue weighted by atomic mass is 16.2. The summed E-state index contributed by atoms with van der Waals surface area (Å²) in [5, 5.41) is 0. The molecule has 3 nitrogen and oxygen atoms in total. The van der Waals surface area contributed by atoms with Gasteiger partial charge in [0.2, 0.25) is 5.91 Å². The summed E-state index contributed by atoms with van der Waals surface area (Å²) in [6, 6.07) is 8.13. The summed E-state index contributed by atoms with van der Waals surface area (Å²) in [4.78, 5) is 14.1. The average Bonchev–Trinajstić information content (AvgIpc) is 2.26. The number of carbonyl (C=O) groups is 1. The second-order valence-corrected chi connectivity index (χ2v) is 5.44. The second-order valence-electron chi connectivity index (χ2n) is 5.44. The highest BCUT2D eigenvalue weighted by molar-refractivity contribution is 5.95. The van der Waals surface area contributed by atoms with Crippen LogP contribution in [0.3, 0.4) is 0 Å². The van der Waals surface area contributed by atoms with Crippen LogP contribution in [-0.2, 0) is 11.2 Å². The number of fused-ring (bicyclic) bond motifs is 1. The Kier molecular flexibility index (Phi) is 3.20. The van der Waals surface area contributed by atoms with Gasteiger partial charge >= 0.3 is 0 Å². The molecule has 1 amide bonds. The lowest BCUT2D eigenvalue weighted by atomic mass is 9.98. The van der Waals surface area contributed by atoms with E-state index < -0.39 is 5.54 Å². The molecule has 0 atom stereocenters. The molecule has 1 aromatic rings. The molecule has 0 unspecified atom stereocenters. The Labute approximate surface area is 103 Å². The first kappa shape index (κ1) is 12.1. The van der Waals surface area contributed by atoms with E-state index in [0.29, 0.717) is 6.42 Å². The predicted octanol–water partition coefficient (Wildman–Crippen LogP) is 2.09. The number of nitrogens with two attached hydrogens (primary N) is 1. The Hall–Kier alpha value is -1.35. The van der Waals surface area contributed by atoms with Crippen LogP contribution >= 0.6 is 0 Å². The monoisotopic (exact) mass is 232 g/mol. The van der Waals surface area contributed by atoms with Crippen LogP contribution in [0.4, 0.5) is 5.69 Å². The molecule has 1 aromatic carbocycles. The number of hydrogen-bond donors (Lipinski definition) is 1. The first-order chi connectivity index (χ1) is 7.97. The van der Waals surface area contributed by atoms with E-state index in [1.807, 2.05) is 36.9 Å². The molecule has 0 aromatic heterocycles. The summed E-state index contributed by atoms with van der Waals surface area (Å²) in [5.74, 6) is 0.129. The topological polar surface area (TPSA) is 46.3 Å². The molecule has 92 valence electrons. The molecule has 0 bridgehead atoms. The minimum absolute atomic E-state index is 0.129. The molecule has 0 saturated heterocycles. The Morgan fingerprint density at radius 3 is 2.82 bits per heavy atom. The highest BCUT2D eigenvalue weighted by Crippen LogP contribution is 2.27. The van der Waals surface area contributed by atoms with Gasteiger partial charge in [-0.1, -0.05) is 18.2 Å². The fourth-order valence-corrected chi connectivity index (χ4v) is 2.28. The predicted molar refractivity (Wildman–Crippen MR) is 70.0 cm³/mol. The van der Waals surface area contributed by atoms with Crippen LogP contribution in [0.25, 0.3) is 0 Å². The fourth-order valence-electron chi connectivity index (χ4n) is 2.28. The molecule has 0 aliphatic carbocycles. The molecule has 0 saturated carbocycles. The maximum atomic E-state index is 12.2. The van der Waals surface area contributed by atoms with E-state index in [1.54, 1.807) is 0 Å². The minimum atomic E-state index is -0.441. The number of carbonyl (C=O) groups excluding carboxylic acids is 1. The van der Waals surface area contributed by atoms with Crippen molar-refractivity contribution in [3.05, 3.63) is 29.8 Å². The van der Waals surface area contributed by atoms with Crippen molar-refractivity contribution in [2.24, 2.45) is 5.73 Å². The zero-order valence-corrected chi connectivity index (χ0v) is 10.6. The number of benzene rings is 1. The van der Waals surface area contributed by atoms with Gasteiger partial charge in [-0.15, -0.1) is 0 Å². The molecule has 0 spiro atoms. The number of anilines is 1. The number of para-hydroxylation sites is 1. The van der Waals surface area contributed by atoms with Crippen molar-refractivity contribution in [3.63, 3.8) is 0 Å². The summed E-state index contributed by atoms with van der Waals surface area (Å²) in [5.41, 5.74) is 7.80. The van der Waals surface area contributed by atoms with E-state index in [2.05, 4.69) is 6.07 Å². The highest BCUT2D eigenvalue weighted by Gasteiger charge is 2.25. The van der Waals surface area contributed by atoms with Crippen LogP contribution in [0.15, 0.2) is 24.3 Å². The SMILES string of the molecule is CC(C)(N)CC(=O)N1CCCc2ccccc21. The second kappa shape index (κ2) is 4.49. The van der Waals surface area contributed by atoms with E-state index in [4.69, 9.17) is 5.73 Å². The number of rotatable bonds is 2. The van der Waals surface area contributed by atoms with Crippen molar-refractivity contribution in [1.29, 1.82) is 0 Å². The minimum Gasteiger partial charge on any atom is -0.325 e. The third-order valence-corrected chi connectivity index (χ3v) is 3.02. The lowest BCUT2D eigenvalue weighted by molar-refractivity contribution is -0.119. The zero-order valence-electron chi connectivity index (χ0n) is 10.6. The third-order valence-electron chi connectivity index (χ3n) is 3.02. The van der Waals surface area contributed by atoms with Gasteiger partial charge in [-0.25, -0.2) is 0 Å². The van der Waals surface area contributed by atoms with Gasteiger partial charge in [0, 0.05) is 24.2 Å². The van der Waals surface area contributed by atoms with Gasteiger partial charge in [0.25, 0.3) is 0 Å². The van der Waals surface area contributed by atoms with Crippen LogP contribution in [-0.4, -0.2) is 18.0 Å². The molecule has 1 aliphatic rings. The molecule has 17 heavy (non-hydrogen) atoms. The molecule has 2 rings (SSSR count).